The summed E-state index contributed by atoms with van der Waals surface area (Å²) in [6.45, 7) is 4.61. The van der Waals surface area contributed by atoms with Gasteiger partial charge in [-0.1, -0.05) is 31.5 Å². The Morgan fingerprint density at radius 1 is 1.24 bits per heavy atom. The molecule has 1 saturated carbocycles. The Kier molecular flexibility index (Phi) is 3.85. The minimum Gasteiger partial charge on any atom is -0.398 e. The monoisotopic (exact) mass is 305 g/mol. The predicted octanol–water partition coefficient (Wildman–Crippen LogP) is 3.57. The van der Waals surface area contributed by atoms with Gasteiger partial charge >= 0.3 is 0 Å². The number of nitrogens with zero attached hydrogens (tertiary/aromatic N) is 4. The van der Waals surface area contributed by atoms with E-state index in [-0.39, 0.29) is 0 Å². The lowest BCUT2D eigenvalue weighted by Gasteiger charge is -2.32. The second-order valence-corrected chi connectivity index (χ2v) is 6.48. The van der Waals surface area contributed by atoms with Gasteiger partial charge in [-0.05, 0) is 53.7 Å². The fourth-order valence-electron chi connectivity index (χ4n) is 3.12. The van der Waals surface area contributed by atoms with E-state index in [1.54, 1.807) is 0 Å². The Bertz CT molecular complexity index is 618. The highest BCUT2D eigenvalue weighted by Gasteiger charge is 2.29. The Morgan fingerprint density at radius 3 is 2.76 bits per heavy atom. The molecule has 2 aromatic rings. The molecule has 21 heavy (non-hydrogen) atoms. The van der Waals surface area contributed by atoms with E-state index < -0.39 is 0 Å². The normalized spacial score (nSPS) is 26.0. The Hall–Kier alpha value is -1.62. The highest BCUT2D eigenvalue weighted by molar-refractivity contribution is 6.33. The average molecular weight is 306 g/mol. The van der Waals surface area contributed by atoms with Gasteiger partial charge in [0.1, 0.15) is 0 Å². The van der Waals surface area contributed by atoms with E-state index in [0.717, 1.165) is 24.3 Å². The van der Waals surface area contributed by atoms with E-state index in [1.807, 2.05) is 22.9 Å². The summed E-state index contributed by atoms with van der Waals surface area (Å²) < 4.78 is 1.90. The van der Waals surface area contributed by atoms with Gasteiger partial charge in [0.15, 0.2) is 5.82 Å². The van der Waals surface area contributed by atoms with Gasteiger partial charge in [0.25, 0.3) is 0 Å². The average Bonchev–Trinajstić information content (AvgIpc) is 2.91. The molecule has 3 unspecified atom stereocenters. The molecule has 1 aliphatic rings. The molecule has 0 bridgehead atoms. The van der Waals surface area contributed by atoms with Gasteiger partial charge in [-0.15, -0.1) is 5.10 Å². The summed E-state index contributed by atoms with van der Waals surface area (Å²) in [7, 11) is 0. The predicted molar refractivity (Wildman–Crippen MR) is 83.9 cm³/mol. The summed E-state index contributed by atoms with van der Waals surface area (Å²) in [5, 5.41) is 12.8. The topological polar surface area (TPSA) is 69.6 Å². The third-order valence-electron chi connectivity index (χ3n) is 4.68. The Balaban J connectivity index is 1.98. The molecule has 5 nitrogen and oxygen atoms in total. The highest BCUT2D eigenvalue weighted by Crippen LogP contribution is 2.39. The molecule has 0 radical (unpaired) electrons. The maximum absolute atomic E-state index is 6.29. The Morgan fingerprint density at radius 2 is 2.05 bits per heavy atom. The van der Waals surface area contributed by atoms with Gasteiger partial charge in [0.2, 0.25) is 0 Å². The van der Waals surface area contributed by atoms with Crippen LogP contribution >= 0.6 is 11.6 Å². The fraction of sp³-hybridized carbons (Fsp3) is 0.533. The first-order chi connectivity index (χ1) is 10.1. The van der Waals surface area contributed by atoms with Crippen molar-refractivity contribution in [3.63, 3.8) is 0 Å². The zero-order chi connectivity index (χ0) is 15.0. The fourth-order valence-corrected chi connectivity index (χ4v) is 3.39. The van der Waals surface area contributed by atoms with E-state index in [9.17, 15) is 0 Å². The van der Waals surface area contributed by atoms with E-state index in [1.165, 1.54) is 6.42 Å². The Labute approximate surface area is 129 Å². The molecule has 0 amide bonds. The lowest BCUT2D eigenvalue weighted by atomic mass is 9.79. The van der Waals surface area contributed by atoms with Crippen LogP contribution in [0, 0.1) is 11.8 Å². The van der Waals surface area contributed by atoms with Crippen LogP contribution in [0.1, 0.15) is 39.2 Å². The lowest BCUT2D eigenvalue weighted by molar-refractivity contribution is 0.200. The van der Waals surface area contributed by atoms with Crippen molar-refractivity contribution in [1.82, 2.24) is 20.2 Å². The van der Waals surface area contributed by atoms with Crippen LogP contribution < -0.4 is 5.73 Å². The molecular weight excluding hydrogens is 286 g/mol. The van der Waals surface area contributed by atoms with E-state index in [4.69, 9.17) is 17.3 Å². The molecule has 0 spiro atoms. The molecule has 0 aliphatic heterocycles. The van der Waals surface area contributed by atoms with Gasteiger partial charge in [-0.25, -0.2) is 4.68 Å². The van der Waals surface area contributed by atoms with Crippen molar-refractivity contribution in [3.05, 3.63) is 23.2 Å². The van der Waals surface area contributed by atoms with Crippen LogP contribution in [0.2, 0.25) is 5.02 Å². The zero-order valence-corrected chi connectivity index (χ0v) is 13.1. The smallest absolute Gasteiger partial charge is 0.185 e. The number of nitrogens with two attached hydrogens (primary N) is 1. The summed E-state index contributed by atoms with van der Waals surface area (Å²) in [4.78, 5) is 0. The third kappa shape index (κ3) is 2.62. The summed E-state index contributed by atoms with van der Waals surface area (Å²) >= 11 is 6.29. The molecule has 1 aliphatic carbocycles. The second-order valence-electron chi connectivity index (χ2n) is 6.07. The van der Waals surface area contributed by atoms with Crippen LogP contribution in [0.5, 0.6) is 0 Å². The molecular formula is C15H20ClN5. The van der Waals surface area contributed by atoms with E-state index in [0.29, 0.717) is 28.5 Å². The molecule has 0 saturated heterocycles. The molecule has 112 valence electrons. The number of hydrogen-bond acceptors (Lipinski definition) is 4. The van der Waals surface area contributed by atoms with Crippen molar-refractivity contribution in [3.8, 4) is 11.4 Å². The molecule has 1 aromatic heterocycles. The first-order valence-electron chi connectivity index (χ1n) is 7.40. The van der Waals surface area contributed by atoms with Gasteiger partial charge in [0, 0.05) is 5.69 Å². The molecule has 1 fully saturated rings. The first-order valence-corrected chi connectivity index (χ1v) is 7.78. The van der Waals surface area contributed by atoms with Crippen LogP contribution in [0.4, 0.5) is 5.69 Å². The number of hydrogen-bond donors (Lipinski definition) is 1. The van der Waals surface area contributed by atoms with Crippen molar-refractivity contribution in [2.75, 3.05) is 5.73 Å². The molecule has 1 aromatic carbocycles. The van der Waals surface area contributed by atoms with Crippen molar-refractivity contribution in [2.24, 2.45) is 11.8 Å². The second kappa shape index (κ2) is 5.64. The van der Waals surface area contributed by atoms with E-state index >= 15 is 0 Å². The number of benzene rings is 1. The van der Waals surface area contributed by atoms with Crippen LogP contribution in [0.25, 0.3) is 11.4 Å². The first kappa shape index (κ1) is 14.3. The molecule has 6 heteroatoms. The van der Waals surface area contributed by atoms with Gasteiger partial charge in [-0.2, -0.15) is 0 Å². The summed E-state index contributed by atoms with van der Waals surface area (Å²) in [5.74, 6) is 2.10. The van der Waals surface area contributed by atoms with E-state index in [2.05, 4.69) is 29.4 Å². The summed E-state index contributed by atoms with van der Waals surface area (Å²) in [6.07, 6.45) is 3.38. The minimum atomic E-state index is 0.317. The third-order valence-corrected chi connectivity index (χ3v) is 4.99. The largest absolute Gasteiger partial charge is 0.398 e. The number of halogens is 1. The quantitative estimate of drug-likeness (QED) is 0.861. The van der Waals surface area contributed by atoms with Gasteiger partial charge in [-0.3, -0.25) is 0 Å². The van der Waals surface area contributed by atoms with Crippen LogP contribution in [0.3, 0.4) is 0 Å². The standard InChI is InChI=1S/C15H20ClN5/c1-9-6-7-11(8-10(9)2)21-15(18-19-20-21)14-12(16)4-3-5-13(14)17/h3-5,9-11H,6-8,17H2,1-2H3. The lowest BCUT2D eigenvalue weighted by Crippen LogP contribution is -2.24. The number of nitrogen functional groups attached to an aromatic ring is 1. The zero-order valence-electron chi connectivity index (χ0n) is 12.3. The van der Waals surface area contributed by atoms with Crippen molar-refractivity contribution < 1.29 is 0 Å². The van der Waals surface area contributed by atoms with Gasteiger partial charge < -0.3 is 5.73 Å². The highest BCUT2D eigenvalue weighted by atomic mass is 35.5. The number of anilines is 1. The molecule has 1 heterocycles. The van der Waals surface area contributed by atoms with Crippen molar-refractivity contribution >= 4 is 17.3 Å². The van der Waals surface area contributed by atoms with Crippen LogP contribution in [-0.4, -0.2) is 20.2 Å². The maximum Gasteiger partial charge on any atom is 0.185 e. The summed E-state index contributed by atoms with van der Waals surface area (Å²) in [6, 6.07) is 5.79. The van der Waals surface area contributed by atoms with Crippen molar-refractivity contribution in [1.29, 1.82) is 0 Å². The molecule has 2 N–H and O–H groups in total. The van der Waals surface area contributed by atoms with Crippen LogP contribution in [0.15, 0.2) is 18.2 Å². The number of tetrazole rings is 1. The SMILES string of the molecule is CC1CCC(n2nnnc2-c2c(N)cccc2Cl)CC1C. The van der Waals surface area contributed by atoms with Gasteiger partial charge in [0.05, 0.1) is 16.6 Å². The number of aromatic nitrogens is 4. The minimum absolute atomic E-state index is 0.317. The maximum atomic E-state index is 6.29. The van der Waals surface area contributed by atoms with Crippen LogP contribution in [-0.2, 0) is 0 Å². The molecule has 3 atom stereocenters. The molecule has 3 rings (SSSR count). The number of rotatable bonds is 2. The van der Waals surface area contributed by atoms with Crippen molar-refractivity contribution in [2.45, 2.75) is 39.2 Å². The summed E-state index contributed by atoms with van der Waals surface area (Å²) in [5.41, 5.74) is 7.41.